The first-order chi connectivity index (χ1) is 4.73. The van der Waals surface area contributed by atoms with Crippen molar-refractivity contribution in [1.29, 1.82) is 0 Å². The van der Waals surface area contributed by atoms with Crippen LogP contribution in [0.1, 0.15) is 13.3 Å². The molecule has 1 aliphatic rings. The standard InChI is InChI=1S/C7H16N2O/c1-2-9-5-7(8)3-6(7)4-10/h6,9-10H,2-5,8H2,1H3/t6-,7-/m1/s1. The van der Waals surface area contributed by atoms with E-state index in [9.17, 15) is 0 Å². The van der Waals surface area contributed by atoms with Crippen LogP contribution in [0.3, 0.4) is 0 Å². The third-order valence-electron chi connectivity index (χ3n) is 2.20. The molecule has 1 rings (SSSR count). The van der Waals surface area contributed by atoms with Gasteiger partial charge in [0.1, 0.15) is 0 Å². The molecule has 0 aromatic heterocycles. The predicted octanol–water partition coefficient (Wildman–Crippen LogP) is -0.694. The van der Waals surface area contributed by atoms with Gasteiger partial charge in [0.25, 0.3) is 0 Å². The molecule has 1 fully saturated rings. The van der Waals surface area contributed by atoms with Crippen molar-refractivity contribution < 1.29 is 5.11 Å². The first kappa shape index (κ1) is 7.98. The molecule has 0 bridgehead atoms. The van der Waals surface area contributed by atoms with Crippen molar-refractivity contribution in [2.45, 2.75) is 18.9 Å². The molecule has 0 heterocycles. The number of rotatable bonds is 4. The number of aliphatic hydroxyl groups is 1. The Hall–Kier alpha value is -0.120. The van der Waals surface area contributed by atoms with Gasteiger partial charge in [-0.2, -0.15) is 0 Å². The second kappa shape index (κ2) is 2.86. The van der Waals surface area contributed by atoms with E-state index >= 15 is 0 Å². The highest BCUT2D eigenvalue weighted by Crippen LogP contribution is 2.39. The lowest BCUT2D eigenvalue weighted by molar-refractivity contribution is 0.263. The van der Waals surface area contributed by atoms with E-state index in [1.807, 2.05) is 0 Å². The fraction of sp³-hybridized carbons (Fsp3) is 1.00. The molecule has 0 aromatic carbocycles. The summed E-state index contributed by atoms with van der Waals surface area (Å²) in [6, 6.07) is 0. The number of hydrogen-bond acceptors (Lipinski definition) is 3. The second-order valence-electron chi connectivity index (χ2n) is 3.10. The van der Waals surface area contributed by atoms with Crippen molar-refractivity contribution in [3.63, 3.8) is 0 Å². The van der Waals surface area contributed by atoms with Gasteiger partial charge in [0, 0.05) is 24.6 Å². The first-order valence-corrected chi connectivity index (χ1v) is 3.83. The Morgan fingerprint density at radius 3 is 2.90 bits per heavy atom. The Balaban J connectivity index is 2.16. The van der Waals surface area contributed by atoms with E-state index in [1.165, 1.54) is 0 Å². The number of aliphatic hydroxyl groups excluding tert-OH is 1. The van der Waals surface area contributed by atoms with Crippen LogP contribution in [0.25, 0.3) is 0 Å². The minimum atomic E-state index is -0.0925. The van der Waals surface area contributed by atoms with Crippen molar-refractivity contribution in [1.82, 2.24) is 5.32 Å². The predicted molar refractivity (Wildman–Crippen MR) is 40.7 cm³/mol. The van der Waals surface area contributed by atoms with E-state index in [0.29, 0.717) is 5.92 Å². The highest BCUT2D eigenvalue weighted by molar-refractivity contribution is 5.08. The quantitative estimate of drug-likeness (QED) is 0.489. The third-order valence-corrected chi connectivity index (χ3v) is 2.20. The normalized spacial score (nSPS) is 38.1. The largest absolute Gasteiger partial charge is 0.396 e. The molecule has 4 N–H and O–H groups in total. The summed E-state index contributed by atoms with van der Waals surface area (Å²) in [5, 5.41) is 11.9. The summed E-state index contributed by atoms with van der Waals surface area (Å²) < 4.78 is 0. The zero-order valence-electron chi connectivity index (χ0n) is 6.43. The summed E-state index contributed by atoms with van der Waals surface area (Å²) in [4.78, 5) is 0. The number of nitrogens with one attached hydrogen (secondary N) is 1. The van der Waals surface area contributed by atoms with Gasteiger partial charge in [0.15, 0.2) is 0 Å². The molecule has 0 amide bonds. The topological polar surface area (TPSA) is 58.3 Å². The summed E-state index contributed by atoms with van der Waals surface area (Å²) in [7, 11) is 0. The smallest absolute Gasteiger partial charge is 0.0478 e. The summed E-state index contributed by atoms with van der Waals surface area (Å²) in [5.74, 6) is 0.339. The van der Waals surface area contributed by atoms with Gasteiger partial charge in [-0.3, -0.25) is 0 Å². The molecule has 2 atom stereocenters. The zero-order chi connectivity index (χ0) is 7.61. The van der Waals surface area contributed by atoms with Gasteiger partial charge in [-0.05, 0) is 13.0 Å². The third kappa shape index (κ3) is 1.48. The average Bonchev–Trinajstić information content (AvgIpc) is 2.59. The molecule has 0 radical (unpaired) electrons. The number of hydrogen-bond donors (Lipinski definition) is 3. The summed E-state index contributed by atoms with van der Waals surface area (Å²) in [6.45, 7) is 4.09. The molecule has 0 spiro atoms. The van der Waals surface area contributed by atoms with E-state index in [2.05, 4.69) is 12.2 Å². The maximum absolute atomic E-state index is 8.73. The minimum Gasteiger partial charge on any atom is -0.396 e. The lowest BCUT2D eigenvalue weighted by atomic mass is 10.2. The van der Waals surface area contributed by atoms with Gasteiger partial charge in [-0.1, -0.05) is 6.92 Å². The van der Waals surface area contributed by atoms with Crippen LogP contribution in [0.5, 0.6) is 0 Å². The van der Waals surface area contributed by atoms with Gasteiger partial charge in [0.2, 0.25) is 0 Å². The van der Waals surface area contributed by atoms with Gasteiger partial charge < -0.3 is 16.2 Å². The molecule has 3 heteroatoms. The highest BCUT2D eigenvalue weighted by Gasteiger charge is 2.49. The molecule has 0 saturated heterocycles. The number of nitrogens with two attached hydrogens (primary N) is 1. The van der Waals surface area contributed by atoms with Crippen LogP contribution in [-0.4, -0.2) is 30.3 Å². The van der Waals surface area contributed by atoms with Crippen LogP contribution in [0, 0.1) is 5.92 Å². The fourth-order valence-electron chi connectivity index (χ4n) is 1.22. The molecular weight excluding hydrogens is 128 g/mol. The van der Waals surface area contributed by atoms with Crippen LogP contribution < -0.4 is 11.1 Å². The van der Waals surface area contributed by atoms with Gasteiger partial charge in [0.05, 0.1) is 0 Å². The Bertz CT molecular complexity index is 118. The molecule has 1 aliphatic carbocycles. The Labute approximate surface area is 61.6 Å². The summed E-state index contributed by atoms with van der Waals surface area (Å²) >= 11 is 0. The van der Waals surface area contributed by atoms with E-state index in [-0.39, 0.29) is 12.1 Å². The molecular formula is C7H16N2O. The molecule has 1 saturated carbocycles. The van der Waals surface area contributed by atoms with Crippen LogP contribution >= 0.6 is 0 Å². The molecule has 0 aliphatic heterocycles. The zero-order valence-corrected chi connectivity index (χ0v) is 6.43. The van der Waals surface area contributed by atoms with E-state index in [1.54, 1.807) is 0 Å². The number of likely N-dealkylation sites (N-methyl/N-ethyl adjacent to an activating group) is 1. The monoisotopic (exact) mass is 144 g/mol. The van der Waals surface area contributed by atoms with Gasteiger partial charge in [-0.25, -0.2) is 0 Å². The minimum absolute atomic E-state index is 0.0925. The first-order valence-electron chi connectivity index (χ1n) is 3.83. The highest BCUT2D eigenvalue weighted by atomic mass is 16.3. The van der Waals surface area contributed by atoms with Crippen molar-refractivity contribution in [2.75, 3.05) is 19.7 Å². The van der Waals surface area contributed by atoms with E-state index < -0.39 is 0 Å². The molecule has 10 heavy (non-hydrogen) atoms. The van der Waals surface area contributed by atoms with Crippen LogP contribution in [0.4, 0.5) is 0 Å². The molecule has 0 aromatic rings. The fourth-order valence-corrected chi connectivity index (χ4v) is 1.22. The van der Waals surface area contributed by atoms with E-state index in [4.69, 9.17) is 10.8 Å². The second-order valence-corrected chi connectivity index (χ2v) is 3.10. The maximum Gasteiger partial charge on any atom is 0.0478 e. The van der Waals surface area contributed by atoms with E-state index in [0.717, 1.165) is 19.5 Å². The van der Waals surface area contributed by atoms with Crippen molar-refractivity contribution >= 4 is 0 Å². The van der Waals surface area contributed by atoms with Crippen LogP contribution in [-0.2, 0) is 0 Å². The summed E-state index contributed by atoms with van der Waals surface area (Å²) in [5.41, 5.74) is 5.77. The lowest BCUT2D eigenvalue weighted by Crippen LogP contribution is -2.38. The molecule has 60 valence electrons. The summed E-state index contributed by atoms with van der Waals surface area (Å²) in [6.07, 6.45) is 0.969. The SMILES string of the molecule is CCNC[C@]1(N)C[C@@H]1CO. The Morgan fingerprint density at radius 2 is 2.50 bits per heavy atom. The lowest BCUT2D eigenvalue weighted by Gasteiger charge is -2.09. The van der Waals surface area contributed by atoms with Gasteiger partial charge >= 0.3 is 0 Å². The van der Waals surface area contributed by atoms with Crippen molar-refractivity contribution in [2.24, 2.45) is 11.7 Å². The molecule has 0 unspecified atom stereocenters. The maximum atomic E-state index is 8.73. The van der Waals surface area contributed by atoms with Crippen LogP contribution in [0.2, 0.25) is 0 Å². The molecule has 3 nitrogen and oxygen atoms in total. The van der Waals surface area contributed by atoms with Gasteiger partial charge in [-0.15, -0.1) is 0 Å². The van der Waals surface area contributed by atoms with Crippen LogP contribution in [0.15, 0.2) is 0 Å². The average molecular weight is 144 g/mol. The van der Waals surface area contributed by atoms with Crippen molar-refractivity contribution in [3.05, 3.63) is 0 Å². The Kier molecular flexibility index (Phi) is 2.28. The Morgan fingerprint density at radius 1 is 1.80 bits per heavy atom. The van der Waals surface area contributed by atoms with Crippen molar-refractivity contribution in [3.8, 4) is 0 Å².